The predicted octanol–water partition coefficient (Wildman–Crippen LogP) is 2.45. The molecule has 0 saturated carbocycles. The molecule has 14 heavy (non-hydrogen) atoms. The summed E-state index contributed by atoms with van der Waals surface area (Å²) in [6, 6.07) is 0.698. The van der Waals surface area contributed by atoms with Gasteiger partial charge in [0.2, 0.25) is 0 Å². The third-order valence-electron chi connectivity index (χ3n) is 2.69. The van der Waals surface area contributed by atoms with Crippen LogP contribution in [0.15, 0.2) is 0 Å². The van der Waals surface area contributed by atoms with Gasteiger partial charge in [-0.3, -0.25) is 4.90 Å². The Kier molecular flexibility index (Phi) is 5.68. The van der Waals surface area contributed by atoms with Crippen molar-refractivity contribution in [2.24, 2.45) is 0 Å². The van der Waals surface area contributed by atoms with E-state index in [0.717, 1.165) is 0 Å². The number of hydrogen-bond acceptors (Lipinski definition) is 2. The number of rotatable bonds is 0. The number of piperazine rings is 1. The molecule has 1 heterocycles. The quantitative estimate of drug-likeness (QED) is 0.592. The fourth-order valence-corrected chi connectivity index (χ4v) is 2.14. The normalized spacial score (nSPS) is 25.5. The SMILES string of the molecule is CC.CC1CN(C)CCN1C(C)(C)C. The highest BCUT2D eigenvalue weighted by molar-refractivity contribution is 4.86. The van der Waals surface area contributed by atoms with Gasteiger partial charge in [-0.05, 0) is 34.7 Å². The molecule has 0 aliphatic carbocycles. The van der Waals surface area contributed by atoms with E-state index >= 15 is 0 Å². The minimum Gasteiger partial charge on any atom is -0.304 e. The number of nitrogens with zero attached hydrogens (tertiary/aromatic N) is 2. The summed E-state index contributed by atoms with van der Waals surface area (Å²) in [6.07, 6.45) is 0. The molecule has 86 valence electrons. The fourth-order valence-electron chi connectivity index (χ4n) is 2.14. The summed E-state index contributed by atoms with van der Waals surface area (Å²) in [4.78, 5) is 5.00. The van der Waals surface area contributed by atoms with E-state index in [1.54, 1.807) is 0 Å². The average molecular weight is 200 g/mol. The highest BCUT2D eigenvalue weighted by Crippen LogP contribution is 2.19. The van der Waals surface area contributed by atoms with E-state index in [4.69, 9.17) is 0 Å². The maximum atomic E-state index is 2.59. The second-order valence-corrected chi connectivity index (χ2v) is 4.98. The molecule has 0 aromatic heterocycles. The lowest BCUT2D eigenvalue weighted by molar-refractivity contribution is 0.0275. The molecule has 0 aromatic rings. The van der Waals surface area contributed by atoms with Crippen molar-refractivity contribution >= 4 is 0 Å². The van der Waals surface area contributed by atoms with Crippen molar-refractivity contribution in [3.8, 4) is 0 Å². The summed E-state index contributed by atoms with van der Waals surface area (Å²) in [5, 5.41) is 0. The van der Waals surface area contributed by atoms with Crippen molar-refractivity contribution in [3.63, 3.8) is 0 Å². The van der Waals surface area contributed by atoms with Crippen LogP contribution in [0.2, 0.25) is 0 Å². The topological polar surface area (TPSA) is 6.48 Å². The summed E-state index contributed by atoms with van der Waals surface area (Å²) in [7, 11) is 2.20. The smallest absolute Gasteiger partial charge is 0.0200 e. The zero-order chi connectivity index (χ0) is 11.4. The van der Waals surface area contributed by atoms with Gasteiger partial charge in [-0.2, -0.15) is 0 Å². The summed E-state index contributed by atoms with van der Waals surface area (Å²) >= 11 is 0. The molecule has 0 bridgehead atoms. The summed E-state index contributed by atoms with van der Waals surface area (Å²) in [5.74, 6) is 0. The summed E-state index contributed by atoms with van der Waals surface area (Å²) in [5.41, 5.74) is 0.334. The van der Waals surface area contributed by atoms with E-state index < -0.39 is 0 Å². The van der Waals surface area contributed by atoms with Crippen molar-refractivity contribution in [1.29, 1.82) is 0 Å². The van der Waals surface area contributed by atoms with E-state index in [9.17, 15) is 0 Å². The van der Waals surface area contributed by atoms with E-state index in [2.05, 4.69) is 44.5 Å². The minimum absolute atomic E-state index is 0.334. The Hall–Kier alpha value is -0.0800. The second kappa shape index (κ2) is 5.72. The summed E-state index contributed by atoms with van der Waals surface area (Å²) < 4.78 is 0. The van der Waals surface area contributed by atoms with Crippen molar-refractivity contribution < 1.29 is 0 Å². The van der Waals surface area contributed by atoms with Crippen LogP contribution in [0.25, 0.3) is 0 Å². The Morgan fingerprint density at radius 3 is 1.93 bits per heavy atom. The van der Waals surface area contributed by atoms with Crippen LogP contribution in [0.4, 0.5) is 0 Å². The van der Waals surface area contributed by atoms with E-state index in [1.807, 2.05) is 13.8 Å². The Balaban J connectivity index is 0.000000791. The highest BCUT2D eigenvalue weighted by atomic mass is 15.3. The molecule has 0 spiro atoms. The molecule has 1 aliphatic heterocycles. The van der Waals surface area contributed by atoms with Gasteiger partial charge >= 0.3 is 0 Å². The van der Waals surface area contributed by atoms with Crippen molar-refractivity contribution in [2.45, 2.75) is 53.1 Å². The maximum Gasteiger partial charge on any atom is 0.0200 e. The standard InChI is InChI=1S/C10H22N2.C2H6/c1-9-8-11(5)6-7-12(9)10(2,3)4;1-2/h9H,6-8H2,1-5H3;1-2H3. The lowest BCUT2D eigenvalue weighted by atomic mass is 10.0. The van der Waals surface area contributed by atoms with Gasteiger partial charge in [-0.15, -0.1) is 0 Å². The van der Waals surface area contributed by atoms with Crippen LogP contribution in [0, 0.1) is 0 Å². The second-order valence-electron chi connectivity index (χ2n) is 4.98. The van der Waals surface area contributed by atoms with Crippen molar-refractivity contribution in [1.82, 2.24) is 9.80 Å². The molecule has 1 rings (SSSR count). The van der Waals surface area contributed by atoms with Gasteiger partial charge in [0.25, 0.3) is 0 Å². The van der Waals surface area contributed by atoms with Gasteiger partial charge in [-0.1, -0.05) is 13.8 Å². The summed E-state index contributed by atoms with van der Waals surface area (Å²) in [6.45, 7) is 16.8. The molecule has 0 aromatic carbocycles. The average Bonchev–Trinajstić information content (AvgIpc) is 2.05. The van der Waals surface area contributed by atoms with Gasteiger partial charge in [0.15, 0.2) is 0 Å². The molecular weight excluding hydrogens is 172 g/mol. The molecule has 1 atom stereocenters. The van der Waals surface area contributed by atoms with Gasteiger partial charge in [0.05, 0.1) is 0 Å². The molecular formula is C12H28N2. The zero-order valence-electron chi connectivity index (χ0n) is 11.1. The van der Waals surface area contributed by atoms with Gasteiger partial charge in [0, 0.05) is 31.2 Å². The maximum absolute atomic E-state index is 2.59. The largest absolute Gasteiger partial charge is 0.304 e. The van der Waals surface area contributed by atoms with Gasteiger partial charge in [0.1, 0.15) is 0 Å². The lowest BCUT2D eigenvalue weighted by Crippen LogP contribution is -2.57. The van der Waals surface area contributed by atoms with Crippen LogP contribution in [-0.4, -0.2) is 48.1 Å². The monoisotopic (exact) mass is 200 g/mol. The van der Waals surface area contributed by atoms with Crippen LogP contribution in [0.1, 0.15) is 41.5 Å². The zero-order valence-corrected chi connectivity index (χ0v) is 11.1. The molecule has 1 saturated heterocycles. The molecule has 1 fully saturated rings. The van der Waals surface area contributed by atoms with Crippen LogP contribution in [0.3, 0.4) is 0 Å². The Morgan fingerprint density at radius 2 is 1.57 bits per heavy atom. The lowest BCUT2D eigenvalue weighted by Gasteiger charge is -2.45. The van der Waals surface area contributed by atoms with Crippen LogP contribution < -0.4 is 0 Å². The first-order valence-electron chi connectivity index (χ1n) is 5.86. The van der Waals surface area contributed by atoms with Crippen LogP contribution in [-0.2, 0) is 0 Å². The van der Waals surface area contributed by atoms with Crippen LogP contribution in [0.5, 0.6) is 0 Å². The fraction of sp³-hybridized carbons (Fsp3) is 1.00. The Bertz CT molecular complexity index is 149. The van der Waals surface area contributed by atoms with E-state index in [-0.39, 0.29) is 0 Å². The Morgan fingerprint density at radius 1 is 1.07 bits per heavy atom. The molecule has 0 radical (unpaired) electrons. The van der Waals surface area contributed by atoms with Gasteiger partial charge in [-0.25, -0.2) is 0 Å². The highest BCUT2D eigenvalue weighted by Gasteiger charge is 2.29. The third kappa shape index (κ3) is 3.97. The van der Waals surface area contributed by atoms with Gasteiger partial charge < -0.3 is 4.90 Å². The molecule has 2 nitrogen and oxygen atoms in total. The minimum atomic E-state index is 0.334. The molecule has 1 unspecified atom stereocenters. The Labute approximate surface area is 90.3 Å². The third-order valence-corrected chi connectivity index (χ3v) is 2.69. The molecule has 1 aliphatic rings. The predicted molar refractivity (Wildman–Crippen MR) is 64.8 cm³/mol. The number of hydrogen-bond donors (Lipinski definition) is 0. The van der Waals surface area contributed by atoms with E-state index in [0.29, 0.717) is 11.6 Å². The van der Waals surface area contributed by atoms with Crippen molar-refractivity contribution in [2.75, 3.05) is 26.7 Å². The molecule has 0 N–H and O–H groups in total. The van der Waals surface area contributed by atoms with Crippen LogP contribution >= 0.6 is 0 Å². The first-order valence-corrected chi connectivity index (χ1v) is 5.86. The molecule has 0 amide bonds. The first-order chi connectivity index (χ1) is 6.41. The van der Waals surface area contributed by atoms with Crippen molar-refractivity contribution in [3.05, 3.63) is 0 Å². The first kappa shape index (κ1) is 13.9. The number of likely N-dealkylation sites (N-methyl/N-ethyl adjacent to an activating group) is 1. The van der Waals surface area contributed by atoms with E-state index in [1.165, 1.54) is 19.6 Å². The molecule has 2 heteroatoms.